The Kier molecular flexibility index (Phi) is 7.60. The van der Waals surface area contributed by atoms with E-state index in [1.165, 1.54) is 24.7 Å². The fraction of sp³-hybridized carbons (Fsp3) is 0.154. The molecular weight excluding hydrogens is 487 g/mol. The van der Waals surface area contributed by atoms with Crippen LogP contribution in [0, 0.1) is 5.82 Å². The fourth-order valence-corrected chi connectivity index (χ4v) is 3.70. The summed E-state index contributed by atoms with van der Waals surface area (Å²) < 4.78 is 25.4. The molecule has 2 aromatic heterocycles. The number of nitrogens with zero attached hydrogens (tertiary/aromatic N) is 3. The first-order valence-electron chi connectivity index (χ1n) is 11.1. The van der Waals surface area contributed by atoms with Crippen LogP contribution in [-0.2, 0) is 19.1 Å². The van der Waals surface area contributed by atoms with E-state index < -0.39 is 11.9 Å². The number of hydrogen-bond acceptors (Lipinski definition) is 7. The van der Waals surface area contributed by atoms with Crippen molar-refractivity contribution in [2.75, 3.05) is 18.5 Å². The summed E-state index contributed by atoms with van der Waals surface area (Å²) in [5.41, 5.74) is 2.46. The Bertz CT molecular complexity index is 1410. The lowest BCUT2D eigenvalue weighted by Gasteiger charge is -2.09. The third-order valence-corrected chi connectivity index (χ3v) is 5.44. The molecule has 0 aliphatic rings. The van der Waals surface area contributed by atoms with E-state index in [4.69, 9.17) is 21.1 Å². The standard InChI is InChI=1S/C26H22ClFN4O4/c1-3-35-25(33)20(26(34)36-4-2)13-29-23-22-21(16-5-7-17(27)8-6-16)14-32(24(22)31-15-30-23)19-11-9-18(28)10-12-19/h5-15H,3-4H2,1-2H3,(H,29,30,31). The van der Waals surface area contributed by atoms with Crippen LogP contribution in [0.4, 0.5) is 10.2 Å². The van der Waals surface area contributed by atoms with Gasteiger partial charge in [0.25, 0.3) is 0 Å². The molecule has 0 amide bonds. The molecule has 0 unspecified atom stereocenters. The highest BCUT2D eigenvalue weighted by Gasteiger charge is 2.22. The van der Waals surface area contributed by atoms with Gasteiger partial charge in [-0.25, -0.2) is 23.9 Å². The SMILES string of the molecule is CCOC(=O)C(=CNc1ncnc2c1c(-c1ccc(Cl)cc1)cn2-c1ccc(F)cc1)C(=O)OCC. The molecule has 4 aromatic rings. The van der Waals surface area contributed by atoms with Crippen molar-refractivity contribution in [3.8, 4) is 16.8 Å². The molecular formula is C26H22ClFN4O4. The molecule has 8 nitrogen and oxygen atoms in total. The maximum Gasteiger partial charge on any atom is 0.347 e. The maximum atomic E-state index is 13.6. The van der Waals surface area contributed by atoms with Crippen molar-refractivity contribution in [2.24, 2.45) is 0 Å². The lowest BCUT2D eigenvalue weighted by Crippen LogP contribution is -2.19. The van der Waals surface area contributed by atoms with E-state index >= 15 is 0 Å². The summed E-state index contributed by atoms with van der Waals surface area (Å²) in [5, 5.41) is 4.13. The zero-order valence-electron chi connectivity index (χ0n) is 19.5. The van der Waals surface area contributed by atoms with Gasteiger partial charge in [0.1, 0.15) is 18.0 Å². The average molecular weight is 509 g/mol. The first-order chi connectivity index (χ1) is 17.4. The van der Waals surface area contributed by atoms with Gasteiger partial charge in [-0.2, -0.15) is 0 Å². The highest BCUT2D eigenvalue weighted by molar-refractivity contribution is 6.30. The van der Waals surface area contributed by atoms with Crippen LogP contribution in [-0.4, -0.2) is 39.7 Å². The second-order valence-corrected chi connectivity index (χ2v) is 7.90. The van der Waals surface area contributed by atoms with E-state index in [0.717, 1.165) is 11.1 Å². The molecule has 0 aliphatic carbocycles. The molecule has 36 heavy (non-hydrogen) atoms. The highest BCUT2D eigenvalue weighted by atomic mass is 35.5. The topological polar surface area (TPSA) is 95.3 Å². The van der Waals surface area contributed by atoms with Crippen LogP contribution in [0.5, 0.6) is 0 Å². The minimum Gasteiger partial charge on any atom is -0.462 e. The number of aromatic nitrogens is 3. The number of hydrogen-bond donors (Lipinski definition) is 1. The van der Waals surface area contributed by atoms with Gasteiger partial charge in [0.05, 0.1) is 18.6 Å². The van der Waals surface area contributed by atoms with Crippen molar-refractivity contribution in [3.05, 3.63) is 83.7 Å². The fourth-order valence-electron chi connectivity index (χ4n) is 3.58. The van der Waals surface area contributed by atoms with Gasteiger partial charge in [-0.15, -0.1) is 0 Å². The Morgan fingerprint density at radius 3 is 2.25 bits per heavy atom. The number of fused-ring (bicyclic) bond motifs is 1. The molecule has 0 bridgehead atoms. The zero-order valence-corrected chi connectivity index (χ0v) is 20.3. The van der Waals surface area contributed by atoms with Crippen molar-refractivity contribution >= 4 is 40.4 Å². The number of carbonyl (C=O) groups excluding carboxylic acids is 2. The quantitative estimate of drug-likeness (QED) is 0.149. The molecule has 1 N–H and O–H groups in total. The molecule has 0 radical (unpaired) electrons. The Hall–Kier alpha value is -4.24. The van der Waals surface area contributed by atoms with Crippen LogP contribution >= 0.6 is 11.6 Å². The first kappa shape index (κ1) is 24.9. The summed E-state index contributed by atoms with van der Waals surface area (Å²) in [5.74, 6) is -1.68. The number of benzene rings is 2. The summed E-state index contributed by atoms with van der Waals surface area (Å²) in [4.78, 5) is 33.5. The number of carbonyl (C=O) groups is 2. The molecule has 0 spiro atoms. The monoisotopic (exact) mass is 508 g/mol. The molecule has 2 heterocycles. The third-order valence-electron chi connectivity index (χ3n) is 5.19. The smallest absolute Gasteiger partial charge is 0.347 e. The van der Waals surface area contributed by atoms with E-state index in [2.05, 4.69) is 15.3 Å². The Balaban J connectivity index is 1.88. The second-order valence-electron chi connectivity index (χ2n) is 7.46. The molecule has 2 aromatic carbocycles. The van der Waals surface area contributed by atoms with E-state index in [-0.39, 0.29) is 24.6 Å². The number of nitrogens with one attached hydrogen (secondary N) is 1. The van der Waals surface area contributed by atoms with Crippen molar-refractivity contribution < 1.29 is 23.5 Å². The van der Waals surface area contributed by atoms with Crippen LogP contribution in [0.3, 0.4) is 0 Å². The van der Waals surface area contributed by atoms with Crippen molar-refractivity contribution in [1.82, 2.24) is 14.5 Å². The maximum absolute atomic E-state index is 13.6. The summed E-state index contributed by atoms with van der Waals surface area (Å²) in [6.07, 6.45) is 4.40. The lowest BCUT2D eigenvalue weighted by atomic mass is 10.1. The van der Waals surface area contributed by atoms with Crippen molar-refractivity contribution in [2.45, 2.75) is 13.8 Å². The minimum atomic E-state index is -0.824. The molecule has 4 rings (SSSR count). The Morgan fingerprint density at radius 2 is 1.64 bits per heavy atom. The van der Waals surface area contributed by atoms with Gasteiger partial charge in [0.15, 0.2) is 11.2 Å². The van der Waals surface area contributed by atoms with Gasteiger partial charge >= 0.3 is 11.9 Å². The summed E-state index contributed by atoms with van der Waals surface area (Å²) in [6, 6.07) is 13.2. The summed E-state index contributed by atoms with van der Waals surface area (Å²) in [6.45, 7) is 3.46. The number of ether oxygens (including phenoxy) is 2. The Labute approximate surface area is 211 Å². The molecule has 10 heteroatoms. The van der Waals surface area contributed by atoms with Gasteiger partial charge in [0, 0.05) is 28.7 Å². The van der Waals surface area contributed by atoms with Crippen LogP contribution in [0.15, 0.2) is 72.8 Å². The second kappa shape index (κ2) is 11.0. The normalized spacial score (nSPS) is 10.7. The largest absolute Gasteiger partial charge is 0.462 e. The number of halogens is 2. The van der Waals surface area contributed by atoms with Crippen molar-refractivity contribution in [1.29, 1.82) is 0 Å². The predicted octanol–water partition coefficient (Wildman–Crippen LogP) is 5.30. The molecule has 0 fully saturated rings. The average Bonchev–Trinajstić information content (AvgIpc) is 3.26. The predicted molar refractivity (Wildman–Crippen MR) is 134 cm³/mol. The summed E-state index contributed by atoms with van der Waals surface area (Å²) >= 11 is 6.09. The van der Waals surface area contributed by atoms with E-state index in [0.29, 0.717) is 27.6 Å². The Morgan fingerprint density at radius 1 is 1.00 bits per heavy atom. The molecule has 0 saturated carbocycles. The molecule has 0 aliphatic heterocycles. The number of esters is 2. The van der Waals surface area contributed by atoms with E-state index in [1.807, 2.05) is 18.3 Å². The van der Waals surface area contributed by atoms with Crippen LogP contribution in [0.2, 0.25) is 5.02 Å². The van der Waals surface area contributed by atoms with Gasteiger partial charge in [-0.05, 0) is 55.8 Å². The van der Waals surface area contributed by atoms with Gasteiger partial charge in [0.2, 0.25) is 0 Å². The molecule has 184 valence electrons. The van der Waals surface area contributed by atoms with Gasteiger partial charge < -0.3 is 19.4 Å². The first-order valence-corrected chi connectivity index (χ1v) is 11.5. The minimum absolute atomic E-state index is 0.0918. The highest BCUT2D eigenvalue weighted by Crippen LogP contribution is 2.36. The van der Waals surface area contributed by atoms with E-state index in [9.17, 15) is 14.0 Å². The molecule has 0 saturated heterocycles. The van der Waals surface area contributed by atoms with Crippen LogP contribution in [0.1, 0.15) is 13.8 Å². The number of anilines is 1. The summed E-state index contributed by atoms with van der Waals surface area (Å²) in [7, 11) is 0. The van der Waals surface area contributed by atoms with Crippen LogP contribution < -0.4 is 5.32 Å². The molecule has 0 atom stereocenters. The number of rotatable bonds is 8. The van der Waals surface area contributed by atoms with Crippen LogP contribution in [0.25, 0.3) is 27.8 Å². The van der Waals surface area contributed by atoms with Gasteiger partial charge in [-0.3, -0.25) is 0 Å². The van der Waals surface area contributed by atoms with Crippen molar-refractivity contribution in [3.63, 3.8) is 0 Å². The third kappa shape index (κ3) is 5.21. The van der Waals surface area contributed by atoms with Gasteiger partial charge in [-0.1, -0.05) is 23.7 Å². The van der Waals surface area contributed by atoms with E-state index in [1.54, 1.807) is 42.7 Å². The lowest BCUT2D eigenvalue weighted by molar-refractivity contribution is -0.146. The zero-order chi connectivity index (χ0) is 25.7.